The maximum absolute atomic E-state index is 13.0. The lowest BCUT2D eigenvalue weighted by molar-refractivity contribution is -0.142. The van der Waals surface area contributed by atoms with Gasteiger partial charge in [-0.05, 0) is 118 Å². The molecule has 4 aliphatic rings. The Kier molecular flexibility index (Phi) is 14.0. The van der Waals surface area contributed by atoms with Crippen molar-refractivity contribution < 1.29 is 28.7 Å². The van der Waals surface area contributed by atoms with Gasteiger partial charge in [0.1, 0.15) is 0 Å². The summed E-state index contributed by atoms with van der Waals surface area (Å²) in [7, 11) is 2.84. The number of carbonyl (C=O) groups is 4. The predicted octanol–water partition coefficient (Wildman–Crippen LogP) is 5.50. The number of hydrogen-bond acceptors (Lipinski definition) is 8. The molecule has 12 nitrogen and oxygen atoms in total. The number of hydrogen-bond donors (Lipinski definition) is 2. The molecule has 1 atom stereocenters. The van der Waals surface area contributed by atoms with Gasteiger partial charge in [-0.15, -0.1) is 0 Å². The summed E-state index contributed by atoms with van der Waals surface area (Å²) in [6.07, 6.45) is 7.39. The Morgan fingerprint density at radius 1 is 0.830 bits per heavy atom. The number of nitrogen functional groups attached to an aromatic ring is 1. The van der Waals surface area contributed by atoms with Crippen molar-refractivity contribution in [1.29, 1.82) is 0 Å². The van der Waals surface area contributed by atoms with Gasteiger partial charge in [-0.3, -0.25) is 14.5 Å². The van der Waals surface area contributed by atoms with Crippen molar-refractivity contribution in [2.24, 2.45) is 17.8 Å². The Morgan fingerprint density at radius 3 is 2.02 bits per heavy atom. The highest BCUT2D eigenvalue weighted by Crippen LogP contribution is 2.33. The molecule has 4 heterocycles. The highest BCUT2D eigenvalue weighted by Gasteiger charge is 2.33. The zero-order chi connectivity index (χ0) is 38.1. The Balaban J connectivity index is 0.000000216. The summed E-state index contributed by atoms with van der Waals surface area (Å²) >= 11 is 0. The van der Waals surface area contributed by atoms with E-state index in [4.69, 9.17) is 15.2 Å². The maximum Gasteiger partial charge on any atom is 0.409 e. The van der Waals surface area contributed by atoms with Gasteiger partial charge >= 0.3 is 18.1 Å². The van der Waals surface area contributed by atoms with E-state index >= 15 is 0 Å². The summed E-state index contributed by atoms with van der Waals surface area (Å²) in [5, 5.41) is 3.00. The van der Waals surface area contributed by atoms with Gasteiger partial charge in [-0.1, -0.05) is 37.3 Å². The molecule has 4 aliphatic heterocycles. The van der Waals surface area contributed by atoms with Crippen LogP contribution in [-0.2, 0) is 31.9 Å². The van der Waals surface area contributed by atoms with Gasteiger partial charge in [0.05, 0.1) is 20.8 Å². The standard InChI is InChI=1S/C25H39N3O3.C16H21N3O3/c1-17-13-20(14-18(2)24(17)26)15-19(3)25(30)28-11-7-22(8-12-28)21-5-9-27(10-6-21)16-23(29)31-4;1-22-16(21)18-9-7-13(8-10-18)19-11-6-12-4-2-3-5-14(12)17-15(19)20/h13-14,19,21-22H,5-12,15-16,26H2,1-4H3;2-5,13H,6-11H2,1H3,(H,17,20)/t19-;/m1./s1. The maximum atomic E-state index is 13.0. The smallest absolute Gasteiger partial charge is 0.409 e. The molecule has 0 aromatic heterocycles. The largest absolute Gasteiger partial charge is 0.468 e. The molecule has 4 amide bonds. The average Bonchev–Trinajstić information content (AvgIpc) is 3.34. The number of aryl methyl sites for hydroxylation is 2. The molecule has 0 radical (unpaired) electrons. The number of urea groups is 1. The Morgan fingerprint density at radius 2 is 1.42 bits per heavy atom. The van der Waals surface area contributed by atoms with Crippen LogP contribution in [0.3, 0.4) is 0 Å². The van der Waals surface area contributed by atoms with E-state index in [9.17, 15) is 19.2 Å². The minimum absolute atomic E-state index is 0.0134. The van der Waals surface area contributed by atoms with Gasteiger partial charge in [0, 0.05) is 56.1 Å². The number of esters is 1. The third-order valence-corrected chi connectivity index (χ3v) is 11.8. The lowest BCUT2D eigenvalue weighted by atomic mass is 9.78. The molecule has 0 bridgehead atoms. The zero-order valence-corrected chi connectivity index (χ0v) is 32.4. The number of amides is 4. The minimum atomic E-state index is -0.286. The number of para-hydroxylation sites is 1. The van der Waals surface area contributed by atoms with E-state index in [1.807, 2.05) is 43.9 Å². The number of benzene rings is 2. The van der Waals surface area contributed by atoms with E-state index < -0.39 is 0 Å². The fraction of sp³-hybridized carbons (Fsp3) is 0.610. The quantitative estimate of drug-likeness (QED) is 0.282. The van der Waals surface area contributed by atoms with Crippen LogP contribution >= 0.6 is 0 Å². The predicted molar refractivity (Wildman–Crippen MR) is 207 cm³/mol. The van der Waals surface area contributed by atoms with Crippen LogP contribution in [0.1, 0.15) is 67.7 Å². The number of fused-ring (bicyclic) bond motifs is 1. The second-order valence-corrected chi connectivity index (χ2v) is 15.3. The fourth-order valence-corrected chi connectivity index (χ4v) is 8.58. The second-order valence-electron chi connectivity index (χ2n) is 15.3. The van der Waals surface area contributed by atoms with Gasteiger partial charge in [0.25, 0.3) is 0 Å². The van der Waals surface area contributed by atoms with Crippen LogP contribution in [0.2, 0.25) is 0 Å². The van der Waals surface area contributed by atoms with Crippen molar-refractivity contribution in [2.45, 2.75) is 78.2 Å². The van der Waals surface area contributed by atoms with E-state index in [0.717, 1.165) is 100 Å². The van der Waals surface area contributed by atoms with Crippen LogP contribution in [0.25, 0.3) is 0 Å². The van der Waals surface area contributed by atoms with Gasteiger partial charge < -0.3 is 35.2 Å². The van der Waals surface area contributed by atoms with E-state index in [-0.39, 0.29) is 36.0 Å². The number of nitrogens with zero attached hydrogens (tertiary/aromatic N) is 4. The number of methoxy groups -OCH3 is 2. The van der Waals surface area contributed by atoms with Gasteiger partial charge in [-0.25, -0.2) is 9.59 Å². The highest BCUT2D eigenvalue weighted by atomic mass is 16.5. The van der Waals surface area contributed by atoms with Crippen LogP contribution in [0, 0.1) is 31.6 Å². The van der Waals surface area contributed by atoms with E-state index in [1.54, 1.807) is 4.90 Å². The summed E-state index contributed by atoms with van der Waals surface area (Å²) in [5.74, 6) is 1.52. The van der Waals surface area contributed by atoms with Crippen LogP contribution < -0.4 is 11.1 Å². The topological polar surface area (TPSA) is 138 Å². The number of carbonyl (C=O) groups excluding carboxylic acids is 4. The summed E-state index contributed by atoms with van der Waals surface area (Å²) in [6.45, 7) is 12.2. The van der Waals surface area contributed by atoms with Crippen molar-refractivity contribution >= 4 is 35.4 Å². The summed E-state index contributed by atoms with van der Waals surface area (Å²) in [5.41, 5.74) is 12.4. The van der Waals surface area contributed by atoms with E-state index in [1.165, 1.54) is 25.3 Å². The van der Waals surface area contributed by atoms with Crippen LogP contribution in [-0.4, -0.2) is 116 Å². The molecular weight excluding hydrogens is 672 g/mol. The first-order valence-corrected chi connectivity index (χ1v) is 19.4. The summed E-state index contributed by atoms with van der Waals surface area (Å²) in [6, 6.07) is 12.3. The lowest BCUT2D eigenvalue weighted by Crippen LogP contribution is -2.50. The van der Waals surface area contributed by atoms with Crippen molar-refractivity contribution in [3.8, 4) is 0 Å². The van der Waals surface area contributed by atoms with Crippen molar-refractivity contribution in [3.63, 3.8) is 0 Å². The second kappa shape index (κ2) is 18.6. The van der Waals surface area contributed by atoms with Crippen LogP contribution in [0.15, 0.2) is 36.4 Å². The Bertz CT molecular complexity index is 1550. The fourth-order valence-electron chi connectivity index (χ4n) is 8.58. The van der Waals surface area contributed by atoms with Gasteiger partial charge in [0.2, 0.25) is 5.91 Å². The highest BCUT2D eigenvalue weighted by molar-refractivity contribution is 5.91. The Labute approximate surface area is 315 Å². The van der Waals surface area contributed by atoms with Crippen molar-refractivity contribution in [3.05, 3.63) is 58.7 Å². The van der Waals surface area contributed by atoms with Crippen molar-refractivity contribution in [2.75, 3.05) is 77.6 Å². The molecule has 3 N–H and O–H groups in total. The Hall–Kier alpha value is -4.32. The lowest BCUT2D eigenvalue weighted by Gasteiger charge is -2.40. The van der Waals surface area contributed by atoms with Crippen LogP contribution in [0.4, 0.5) is 21.0 Å². The van der Waals surface area contributed by atoms with Gasteiger partial charge in [-0.2, -0.15) is 0 Å². The SMILES string of the molecule is COC(=O)CN1CCC(C2CCN(C(=O)[C@H](C)Cc3cc(C)c(N)c(C)c3)CC2)CC1.COC(=O)N1CCC(N2CCc3ccccc3NC2=O)CC1. The molecule has 2 aromatic rings. The molecule has 0 unspecified atom stereocenters. The molecular formula is C41H60N6O6. The minimum Gasteiger partial charge on any atom is -0.468 e. The molecule has 0 saturated carbocycles. The summed E-state index contributed by atoms with van der Waals surface area (Å²) < 4.78 is 9.53. The summed E-state index contributed by atoms with van der Waals surface area (Å²) in [4.78, 5) is 56.4. The monoisotopic (exact) mass is 732 g/mol. The number of rotatable bonds is 7. The molecule has 12 heteroatoms. The molecule has 0 spiro atoms. The van der Waals surface area contributed by atoms with Crippen molar-refractivity contribution in [1.82, 2.24) is 19.6 Å². The van der Waals surface area contributed by atoms with E-state index in [2.05, 4.69) is 33.3 Å². The molecule has 2 aromatic carbocycles. The number of nitrogens with one attached hydrogen (secondary N) is 1. The number of anilines is 2. The zero-order valence-electron chi connectivity index (χ0n) is 32.4. The molecule has 53 heavy (non-hydrogen) atoms. The number of piperidine rings is 3. The molecule has 6 rings (SSSR count). The molecule has 290 valence electrons. The molecule has 0 aliphatic carbocycles. The number of ether oxygens (including phenoxy) is 2. The van der Waals surface area contributed by atoms with Gasteiger partial charge in [0.15, 0.2) is 0 Å². The third kappa shape index (κ3) is 10.4. The molecule has 3 saturated heterocycles. The molecule has 3 fully saturated rings. The normalized spacial score (nSPS) is 19.6. The van der Waals surface area contributed by atoms with E-state index in [0.29, 0.717) is 38.0 Å². The third-order valence-electron chi connectivity index (χ3n) is 11.8. The first-order valence-electron chi connectivity index (χ1n) is 19.4. The average molecular weight is 733 g/mol. The van der Waals surface area contributed by atoms with Crippen LogP contribution in [0.5, 0.6) is 0 Å². The first-order chi connectivity index (χ1) is 25.5. The number of likely N-dealkylation sites (tertiary alicyclic amines) is 3. The first kappa shape index (κ1) is 39.9. The number of nitrogens with two attached hydrogens (primary N) is 1.